The number of anilines is 1. The first kappa shape index (κ1) is 24.0. The van der Waals surface area contributed by atoms with Crippen LogP contribution in [0.1, 0.15) is 55.1 Å². The molecule has 0 aliphatic rings. The number of halogens is 2. The molecule has 0 radical (unpaired) electrons. The number of pyridine rings is 1. The molecule has 10 heteroatoms. The monoisotopic (exact) mass is 493 g/mol. The highest BCUT2D eigenvalue weighted by Crippen LogP contribution is 2.27. The van der Waals surface area contributed by atoms with Crippen LogP contribution in [0.5, 0.6) is 0 Å². The average molecular weight is 494 g/mol. The number of aryl methyl sites for hydroxylation is 1. The van der Waals surface area contributed by atoms with Gasteiger partial charge in [0.15, 0.2) is 5.78 Å². The van der Waals surface area contributed by atoms with Crippen molar-refractivity contribution in [1.82, 2.24) is 14.8 Å². The fourth-order valence-electron chi connectivity index (χ4n) is 3.81. The lowest BCUT2D eigenvalue weighted by Gasteiger charge is -2.11. The number of amides is 2. The highest BCUT2D eigenvalue weighted by atomic mass is 35.5. The number of aromatic nitrogens is 3. The second kappa shape index (κ2) is 9.27. The number of fused-ring (bicyclic) bond motifs is 1. The van der Waals surface area contributed by atoms with Crippen molar-refractivity contribution in [3.05, 3.63) is 87.1 Å². The predicted octanol–water partition coefficient (Wildman–Crippen LogP) is 4.44. The maximum atomic E-state index is 14.0. The van der Waals surface area contributed by atoms with Crippen molar-refractivity contribution in [3.63, 3.8) is 0 Å². The number of carbonyl (C=O) groups excluding carboxylic acids is 3. The summed E-state index contributed by atoms with van der Waals surface area (Å²) in [7, 11) is 0. The highest BCUT2D eigenvalue weighted by molar-refractivity contribution is 6.31. The summed E-state index contributed by atoms with van der Waals surface area (Å²) in [6.07, 6.45) is 0. The summed E-state index contributed by atoms with van der Waals surface area (Å²) < 4.78 is 15.7. The summed E-state index contributed by atoms with van der Waals surface area (Å²) >= 11 is 5.93. The highest BCUT2D eigenvalue weighted by Gasteiger charge is 2.20. The van der Waals surface area contributed by atoms with E-state index in [1.807, 2.05) is 6.07 Å². The molecule has 0 bridgehead atoms. The van der Waals surface area contributed by atoms with Gasteiger partial charge in [0.1, 0.15) is 11.5 Å². The molecule has 178 valence electrons. The first-order valence-electron chi connectivity index (χ1n) is 10.6. The minimum atomic E-state index is -0.857. The van der Waals surface area contributed by atoms with Crippen molar-refractivity contribution < 1.29 is 18.8 Å². The van der Waals surface area contributed by atoms with Crippen LogP contribution in [0.2, 0.25) is 5.02 Å². The molecule has 4 rings (SSSR count). The minimum Gasteiger partial charge on any atom is -0.364 e. The molecule has 0 aliphatic carbocycles. The maximum absolute atomic E-state index is 14.0. The molecule has 0 fully saturated rings. The van der Waals surface area contributed by atoms with Gasteiger partial charge in [-0.2, -0.15) is 5.10 Å². The zero-order valence-corrected chi connectivity index (χ0v) is 19.9. The zero-order valence-electron chi connectivity index (χ0n) is 19.1. The van der Waals surface area contributed by atoms with Crippen LogP contribution in [0, 0.1) is 19.7 Å². The Bertz CT molecular complexity index is 1530. The van der Waals surface area contributed by atoms with E-state index in [9.17, 15) is 18.8 Å². The molecule has 0 atom stereocenters. The third-order valence-electron chi connectivity index (χ3n) is 5.63. The van der Waals surface area contributed by atoms with Crippen LogP contribution >= 0.6 is 11.6 Å². The van der Waals surface area contributed by atoms with E-state index in [0.717, 1.165) is 11.6 Å². The van der Waals surface area contributed by atoms with Crippen molar-refractivity contribution in [2.75, 3.05) is 5.32 Å². The maximum Gasteiger partial charge on any atom is 0.267 e. The minimum absolute atomic E-state index is 0.0342. The van der Waals surface area contributed by atoms with Gasteiger partial charge in [0, 0.05) is 17.0 Å². The van der Waals surface area contributed by atoms with Crippen molar-refractivity contribution in [2.24, 2.45) is 5.73 Å². The predicted molar refractivity (Wildman–Crippen MR) is 130 cm³/mol. The first-order chi connectivity index (χ1) is 16.5. The molecule has 0 aliphatic heterocycles. The molecule has 3 N–H and O–H groups in total. The summed E-state index contributed by atoms with van der Waals surface area (Å²) in [4.78, 5) is 40.8. The van der Waals surface area contributed by atoms with E-state index in [4.69, 9.17) is 17.3 Å². The van der Waals surface area contributed by atoms with Crippen LogP contribution in [0.4, 0.5) is 10.1 Å². The smallest absolute Gasteiger partial charge is 0.267 e. The van der Waals surface area contributed by atoms with E-state index < -0.39 is 17.6 Å². The summed E-state index contributed by atoms with van der Waals surface area (Å²) in [5, 5.41) is 7.43. The number of Topliss-reactive ketones (excluding diaryl/α,β-unsaturated/α-hetero) is 1. The van der Waals surface area contributed by atoms with Crippen molar-refractivity contribution in [3.8, 4) is 0 Å². The molecule has 8 nitrogen and oxygen atoms in total. The number of nitrogens with zero attached hydrogens (tertiary/aromatic N) is 3. The number of primary amides is 1. The van der Waals surface area contributed by atoms with Gasteiger partial charge in [0.05, 0.1) is 39.7 Å². The number of hydrogen-bond acceptors (Lipinski definition) is 5. The summed E-state index contributed by atoms with van der Waals surface area (Å²) in [6.45, 7) is 5.44. The number of hydrogen-bond donors (Lipinski definition) is 2. The largest absolute Gasteiger partial charge is 0.364 e. The molecular formula is C25H21ClFN5O3. The summed E-state index contributed by atoms with van der Waals surface area (Å²) in [5.74, 6) is -2.19. The normalized spacial score (nSPS) is 11.0. The van der Waals surface area contributed by atoms with E-state index in [2.05, 4.69) is 15.4 Å². The van der Waals surface area contributed by atoms with Gasteiger partial charge >= 0.3 is 0 Å². The van der Waals surface area contributed by atoms with Crippen molar-refractivity contribution in [2.45, 2.75) is 27.3 Å². The fourth-order valence-corrected chi connectivity index (χ4v) is 3.97. The van der Waals surface area contributed by atoms with Crippen LogP contribution in [0.15, 0.2) is 42.5 Å². The standard InChI is InChI=1S/C25H21ClFN5O3/c1-12-23(13(2)32(31-12)11-15-5-4-6-16(7-15)14(3)33)30-25(35)18-9-22(24(28)34)29-21-10-20(27)19(26)8-17(18)21/h4-10H,11H2,1-3H3,(H2,28,34)(H,30,35). The van der Waals surface area contributed by atoms with Gasteiger partial charge < -0.3 is 11.1 Å². The first-order valence-corrected chi connectivity index (χ1v) is 11.0. The molecule has 0 saturated heterocycles. The summed E-state index contributed by atoms with van der Waals surface area (Å²) in [5.41, 5.74) is 8.52. The third-order valence-corrected chi connectivity index (χ3v) is 5.92. The van der Waals surface area contributed by atoms with Crippen molar-refractivity contribution in [1.29, 1.82) is 0 Å². The Hall–Kier alpha value is -4.11. The van der Waals surface area contributed by atoms with Gasteiger partial charge in [0.25, 0.3) is 11.8 Å². The number of nitrogens with one attached hydrogen (secondary N) is 1. The number of benzene rings is 2. The molecule has 2 amide bonds. The molecule has 4 aromatic rings. The molecule has 0 unspecified atom stereocenters. The molecule has 35 heavy (non-hydrogen) atoms. The molecule has 0 saturated carbocycles. The Morgan fingerprint density at radius 1 is 1.14 bits per heavy atom. The van der Waals surface area contributed by atoms with Gasteiger partial charge in [-0.15, -0.1) is 0 Å². The number of rotatable bonds is 6. The van der Waals surface area contributed by atoms with E-state index >= 15 is 0 Å². The van der Waals surface area contributed by atoms with E-state index in [-0.39, 0.29) is 33.0 Å². The third kappa shape index (κ3) is 4.76. The van der Waals surface area contributed by atoms with Gasteiger partial charge in [-0.1, -0.05) is 29.8 Å². The van der Waals surface area contributed by atoms with Crippen molar-refractivity contribution >= 4 is 45.8 Å². The Morgan fingerprint density at radius 2 is 1.89 bits per heavy atom. The van der Waals surface area contributed by atoms with E-state index in [1.54, 1.807) is 36.7 Å². The Morgan fingerprint density at radius 3 is 2.57 bits per heavy atom. The zero-order chi connectivity index (χ0) is 25.4. The van der Waals surface area contributed by atoms with E-state index in [1.165, 1.54) is 19.1 Å². The second-order valence-electron chi connectivity index (χ2n) is 8.12. The quantitative estimate of drug-likeness (QED) is 0.385. The number of ketones is 1. The van der Waals surface area contributed by atoms with Crippen LogP contribution in [0.25, 0.3) is 10.9 Å². The van der Waals surface area contributed by atoms with E-state index in [0.29, 0.717) is 29.2 Å². The topological polar surface area (TPSA) is 120 Å². The Balaban J connectivity index is 1.70. The molecule has 2 aromatic carbocycles. The average Bonchev–Trinajstić information content (AvgIpc) is 3.06. The van der Waals surface area contributed by atoms with Gasteiger partial charge in [0.2, 0.25) is 0 Å². The van der Waals surface area contributed by atoms with Crippen LogP contribution < -0.4 is 11.1 Å². The van der Waals surface area contributed by atoms with Gasteiger partial charge in [-0.25, -0.2) is 9.37 Å². The molecular weight excluding hydrogens is 473 g/mol. The second-order valence-corrected chi connectivity index (χ2v) is 8.52. The fraction of sp³-hybridized carbons (Fsp3) is 0.160. The Kier molecular flexibility index (Phi) is 6.36. The molecule has 0 spiro atoms. The lowest BCUT2D eigenvalue weighted by Crippen LogP contribution is -2.18. The summed E-state index contributed by atoms with van der Waals surface area (Å²) in [6, 6.07) is 10.8. The SMILES string of the molecule is CC(=O)c1cccc(Cn2nc(C)c(NC(=O)c3cc(C(N)=O)nc4cc(F)c(Cl)cc34)c2C)c1. The number of nitrogens with two attached hydrogens (primary N) is 1. The number of carbonyl (C=O) groups is 3. The van der Waals surface area contributed by atoms with Gasteiger partial charge in [-0.3, -0.25) is 19.1 Å². The van der Waals surface area contributed by atoms with Gasteiger partial charge in [-0.05, 0) is 44.5 Å². The lowest BCUT2D eigenvalue weighted by molar-refractivity contribution is 0.0992. The van der Waals surface area contributed by atoms with Crippen LogP contribution in [-0.4, -0.2) is 32.4 Å². The Labute approximate surface area is 204 Å². The van der Waals surface area contributed by atoms with Crippen LogP contribution in [-0.2, 0) is 6.54 Å². The lowest BCUT2D eigenvalue weighted by atomic mass is 10.1. The molecule has 2 aromatic heterocycles. The molecule has 2 heterocycles. The van der Waals surface area contributed by atoms with Crippen LogP contribution in [0.3, 0.4) is 0 Å².